The Morgan fingerprint density at radius 1 is 0.773 bits per heavy atom. The molecule has 1 aromatic heterocycles. The highest BCUT2D eigenvalue weighted by atomic mass is 35.5. The molecular formula is C17H29BClNO2. The molecule has 0 aliphatic carbocycles. The first kappa shape index (κ1) is 25.6. The molecule has 0 spiro atoms. The van der Waals surface area contributed by atoms with Crippen LogP contribution >= 0.6 is 11.6 Å². The average Bonchev–Trinajstić information content (AvgIpc) is 2.62. The van der Waals surface area contributed by atoms with Gasteiger partial charge in [-0.25, -0.2) is 4.98 Å². The van der Waals surface area contributed by atoms with Crippen LogP contribution in [0.1, 0.15) is 41.5 Å². The quantitative estimate of drug-likeness (QED) is 0.611. The summed E-state index contributed by atoms with van der Waals surface area (Å²) < 4.78 is 0. The van der Waals surface area contributed by atoms with Gasteiger partial charge in [0.2, 0.25) is 0 Å². The van der Waals surface area contributed by atoms with Gasteiger partial charge in [0.25, 0.3) is 0 Å². The molecule has 0 bridgehead atoms. The van der Waals surface area contributed by atoms with E-state index >= 15 is 0 Å². The van der Waals surface area contributed by atoms with Gasteiger partial charge < -0.3 is 10.0 Å². The van der Waals surface area contributed by atoms with Gasteiger partial charge in [-0.1, -0.05) is 89.5 Å². The van der Waals surface area contributed by atoms with E-state index in [9.17, 15) is 0 Å². The minimum atomic E-state index is -1.34. The maximum absolute atomic E-state index is 8.58. The Hall–Kier alpha value is -1.36. The second kappa shape index (κ2) is 21.9. The number of rotatable bonds is 1. The minimum absolute atomic E-state index is 0.525. The van der Waals surface area contributed by atoms with Crippen molar-refractivity contribution in [2.24, 2.45) is 0 Å². The molecule has 2 aromatic rings. The number of nitrogens with zero attached hydrogens (tertiary/aromatic N) is 1. The third-order valence-electron chi connectivity index (χ3n) is 1.73. The van der Waals surface area contributed by atoms with Crippen molar-refractivity contribution in [3.63, 3.8) is 0 Å². The third-order valence-corrected chi connectivity index (χ3v) is 1.95. The number of halogens is 1. The largest absolute Gasteiger partial charge is 0.488 e. The van der Waals surface area contributed by atoms with Gasteiger partial charge in [-0.3, -0.25) is 0 Å². The molecule has 124 valence electrons. The molecule has 0 saturated heterocycles. The maximum atomic E-state index is 8.58. The van der Waals surface area contributed by atoms with Crippen LogP contribution in [0.15, 0.2) is 54.7 Å². The summed E-state index contributed by atoms with van der Waals surface area (Å²) in [7, 11) is -1.34. The summed E-state index contributed by atoms with van der Waals surface area (Å²) in [5, 5.41) is 17.7. The molecule has 2 rings (SSSR count). The van der Waals surface area contributed by atoms with Crippen LogP contribution in [0.25, 0.3) is 0 Å². The van der Waals surface area contributed by atoms with Gasteiger partial charge in [-0.2, -0.15) is 0 Å². The highest BCUT2D eigenvalue weighted by Gasteiger charge is 2.07. The number of benzene rings is 1. The Balaban J connectivity index is -0.000000249. The van der Waals surface area contributed by atoms with Crippen molar-refractivity contribution in [2.75, 3.05) is 0 Å². The predicted octanol–water partition coefficient (Wildman–Crippen LogP) is 4.18. The topological polar surface area (TPSA) is 53.4 Å². The first-order valence-corrected chi connectivity index (χ1v) is 8.05. The van der Waals surface area contributed by atoms with Gasteiger partial charge in [0.1, 0.15) is 5.15 Å². The number of aromatic nitrogens is 1. The zero-order chi connectivity index (χ0) is 17.8. The van der Waals surface area contributed by atoms with Crippen LogP contribution in [0, 0.1) is 0 Å². The Kier molecular flexibility index (Phi) is 25.5. The molecule has 0 aliphatic heterocycles. The SMILES string of the molecule is CC.CC.CC.Clc1ccccn1.OB(O)c1ccccc1. The number of hydrogen-bond donors (Lipinski definition) is 2. The van der Waals surface area contributed by atoms with Gasteiger partial charge in [-0.15, -0.1) is 0 Å². The van der Waals surface area contributed by atoms with E-state index in [-0.39, 0.29) is 0 Å². The lowest BCUT2D eigenvalue weighted by Gasteiger charge is -1.94. The van der Waals surface area contributed by atoms with Crippen molar-refractivity contribution in [1.82, 2.24) is 4.98 Å². The smallest absolute Gasteiger partial charge is 0.423 e. The van der Waals surface area contributed by atoms with E-state index in [4.69, 9.17) is 21.6 Å². The second-order valence-corrected chi connectivity index (χ2v) is 3.32. The monoisotopic (exact) mass is 325 g/mol. The predicted molar refractivity (Wildman–Crippen MR) is 99.6 cm³/mol. The van der Waals surface area contributed by atoms with Gasteiger partial charge >= 0.3 is 7.12 Å². The molecule has 0 unspecified atom stereocenters. The zero-order valence-corrected chi connectivity index (χ0v) is 15.2. The molecule has 0 aliphatic rings. The van der Waals surface area contributed by atoms with Crippen molar-refractivity contribution in [1.29, 1.82) is 0 Å². The van der Waals surface area contributed by atoms with Crippen LogP contribution in [0.4, 0.5) is 0 Å². The van der Waals surface area contributed by atoms with Crippen molar-refractivity contribution in [2.45, 2.75) is 41.5 Å². The Morgan fingerprint density at radius 3 is 1.45 bits per heavy atom. The van der Waals surface area contributed by atoms with Crippen LogP contribution in [-0.4, -0.2) is 22.2 Å². The van der Waals surface area contributed by atoms with Gasteiger partial charge in [0, 0.05) is 6.20 Å². The van der Waals surface area contributed by atoms with E-state index in [0.29, 0.717) is 10.6 Å². The van der Waals surface area contributed by atoms with Crippen LogP contribution in [0.3, 0.4) is 0 Å². The van der Waals surface area contributed by atoms with Crippen molar-refractivity contribution < 1.29 is 10.0 Å². The fourth-order valence-corrected chi connectivity index (χ4v) is 1.10. The first-order chi connectivity index (χ1) is 10.7. The zero-order valence-electron chi connectivity index (χ0n) is 14.5. The molecule has 0 radical (unpaired) electrons. The lowest BCUT2D eigenvalue weighted by molar-refractivity contribution is 0.426. The fraction of sp³-hybridized carbons (Fsp3) is 0.353. The molecule has 5 heteroatoms. The highest BCUT2D eigenvalue weighted by molar-refractivity contribution is 6.58. The molecule has 0 saturated carbocycles. The van der Waals surface area contributed by atoms with Crippen LogP contribution in [0.5, 0.6) is 0 Å². The van der Waals surface area contributed by atoms with Gasteiger partial charge in [0.15, 0.2) is 0 Å². The summed E-state index contributed by atoms with van der Waals surface area (Å²) >= 11 is 5.43. The molecule has 1 aromatic carbocycles. The van der Waals surface area contributed by atoms with Crippen molar-refractivity contribution in [3.05, 3.63) is 59.9 Å². The molecule has 0 fully saturated rings. The summed E-state index contributed by atoms with van der Waals surface area (Å²) in [6.45, 7) is 12.0. The normalized spacial score (nSPS) is 7.32. The number of pyridine rings is 1. The van der Waals surface area contributed by atoms with Gasteiger partial charge in [0.05, 0.1) is 0 Å². The fourth-order valence-electron chi connectivity index (χ4n) is 0.967. The van der Waals surface area contributed by atoms with E-state index in [0.717, 1.165) is 0 Å². The van der Waals surface area contributed by atoms with Gasteiger partial charge in [-0.05, 0) is 17.6 Å². The second-order valence-electron chi connectivity index (χ2n) is 2.94. The molecule has 3 nitrogen and oxygen atoms in total. The summed E-state index contributed by atoms with van der Waals surface area (Å²) in [4.78, 5) is 3.74. The summed E-state index contributed by atoms with van der Waals surface area (Å²) in [6, 6.07) is 14.1. The summed E-state index contributed by atoms with van der Waals surface area (Å²) in [5.41, 5.74) is 0.525. The van der Waals surface area contributed by atoms with Crippen LogP contribution in [-0.2, 0) is 0 Å². The van der Waals surface area contributed by atoms with E-state index in [1.807, 2.05) is 59.7 Å². The van der Waals surface area contributed by atoms with E-state index in [1.165, 1.54) is 0 Å². The third kappa shape index (κ3) is 16.7. The standard InChI is InChI=1S/C6H7BO2.C5H4ClN.3C2H6/c8-7(9)6-4-2-1-3-5-6;6-5-3-1-2-4-7-5;3*1-2/h1-5,8-9H;1-4H;3*1-2H3. The Labute approximate surface area is 141 Å². The van der Waals surface area contributed by atoms with E-state index in [2.05, 4.69) is 4.98 Å². The maximum Gasteiger partial charge on any atom is 0.488 e. The molecule has 0 atom stereocenters. The number of hydrogen-bond acceptors (Lipinski definition) is 3. The Bertz CT molecular complexity index is 400. The Morgan fingerprint density at radius 2 is 1.23 bits per heavy atom. The van der Waals surface area contributed by atoms with Crippen LogP contribution < -0.4 is 5.46 Å². The highest BCUT2D eigenvalue weighted by Crippen LogP contribution is 1.98. The summed E-state index contributed by atoms with van der Waals surface area (Å²) in [6.07, 6.45) is 1.66. The van der Waals surface area contributed by atoms with Crippen LogP contribution in [0.2, 0.25) is 5.15 Å². The molecule has 0 amide bonds. The summed E-state index contributed by atoms with van der Waals surface area (Å²) in [5.74, 6) is 0. The van der Waals surface area contributed by atoms with Crippen molar-refractivity contribution in [3.8, 4) is 0 Å². The molecule has 1 heterocycles. The molecule has 2 N–H and O–H groups in total. The van der Waals surface area contributed by atoms with E-state index in [1.54, 1.807) is 36.5 Å². The molecular weight excluding hydrogens is 296 g/mol. The average molecular weight is 326 g/mol. The lowest BCUT2D eigenvalue weighted by atomic mass is 9.81. The first-order valence-electron chi connectivity index (χ1n) is 7.68. The van der Waals surface area contributed by atoms with E-state index < -0.39 is 7.12 Å². The minimum Gasteiger partial charge on any atom is -0.423 e. The lowest BCUT2D eigenvalue weighted by Crippen LogP contribution is -2.29. The molecule has 22 heavy (non-hydrogen) atoms. The van der Waals surface area contributed by atoms with Crippen molar-refractivity contribution >= 4 is 24.2 Å².